The molecule has 2 aromatic heterocycles. The van der Waals surface area contributed by atoms with Crippen LogP contribution in [-0.2, 0) is 0 Å². The smallest absolute Gasteiger partial charge is 0.193 e. The zero-order valence-electron chi connectivity index (χ0n) is 60.2. The van der Waals surface area contributed by atoms with E-state index in [-0.39, 0.29) is 0 Å². The van der Waals surface area contributed by atoms with Gasteiger partial charge in [-0.1, -0.05) is 390 Å². The third-order valence-electron chi connectivity index (χ3n) is 23.1. The van der Waals surface area contributed by atoms with Crippen LogP contribution in [0.3, 0.4) is 0 Å². The van der Waals surface area contributed by atoms with Crippen LogP contribution in [-0.4, -0.2) is 33.0 Å². The van der Waals surface area contributed by atoms with Gasteiger partial charge in [0.15, 0.2) is 16.5 Å². The van der Waals surface area contributed by atoms with Crippen molar-refractivity contribution in [1.82, 2.24) is 8.47 Å². The minimum atomic E-state index is -2.58. The molecule has 2 heterocycles. The van der Waals surface area contributed by atoms with Crippen molar-refractivity contribution < 1.29 is 0 Å². The molecule has 11 aromatic rings. The van der Waals surface area contributed by atoms with Crippen molar-refractivity contribution in [1.29, 1.82) is 0 Å². The lowest BCUT2D eigenvalue weighted by Crippen LogP contribution is -2.60. The average molecular weight is 1310 g/mol. The highest BCUT2D eigenvalue weighted by Gasteiger charge is 2.44. The monoisotopic (exact) mass is 1310 g/mol. The van der Waals surface area contributed by atoms with Crippen LogP contribution in [0, 0.1) is 0 Å². The third kappa shape index (κ3) is 15.8. The molecular weight excluding hydrogens is 1190 g/mol. The topological polar surface area (TPSA) is 9.86 Å². The van der Waals surface area contributed by atoms with Crippen molar-refractivity contribution in [2.75, 3.05) is 0 Å². The summed E-state index contributed by atoms with van der Waals surface area (Å²) in [5, 5.41) is 20.7. The number of fused-ring (bicyclic) bond motifs is 10. The van der Waals surface area contributed by atoms with Gasteiger partial charge in [-0.2, -0.15) is 0 Å². The van der Waals surface area contributed by atoms with Crippen LogP contribution in [0.25, 0.3) is 75.9 Å². The summed E-state index contributed by atoms with van der Waals surface area (Å²) in [6.07, 6.45) is 39.6. The fourth-order valence-corrected chi connectivity index (χ4v) is 33.4. The maximum atomic E-state index is 3.10. The number of nitrogens with zero attached hydrogens (tertiary/aromatic N) is 2. The Balaban J connectivity index is 1.11. The molecule has 0 N–H and O–H groups in total. The zero-order chi connectivity index (χ0) is 65.7. The molecule has 2 nitrogen and oxygen atoms in total. The molecule has 2 atom stereocenters. The first kappa shape index (κ1) is 70.3. The van der Waals surface area contributed by atoms with Gasteiger partial charge in [-0.05, 0) is 115 Å². The molecule has 0 radical (unpaired) electrons. The fourth-order valence-electron chi connectivity index (χ4n) is 17.8. The Morgan fingerprint density at radius 1 is 0.221 bits per heavy atom. The Bertz CT molecular complexity index is 4140. The van der Waals surface area contributed by atoms with E-state index in [2.05, 4.69) is 232 Å². The van der Waals surface area contributed by atoms with Gasteiger partial charge < -0.3 is 8.47 Å². The van der Waals surface area contributed by atoms with Crippen molar-refractivity contribution >= 4 is 121 Å². The second kappa shape index (κ2) is 35.0. The van der Waals surface area contributed by atoms with Crippen molar-refractivity contribution in [2.45, 2.75) is 270 Å². The molecule has 5 heteroatoms. The number of aromatic nitrogens is 2. The predicted octanol–water partition coefficient (Wildman–Crippen LogP) is 26.1. The van der Waals surface area contributed by atoms with E-state index in [9.17, 15) is 0 Å². The SMILES string of the molecule is CCCCCCCC[Si](CCCCCCC)(c1ccc([Si](CCCCCCC)(CCCCCCC)c2ccc([Si](CCCCCC)(CCCCCCC)n3c4ccccc4c4cc5ccccc5cc43)cc2)cc1)n1c2cc3ccccc3cc2c2c3ccccc3ccc21. The lowest BCUT2D eigenvalue weighted by molar-refractivity contribution is 0.619. The maximum absolute atomic E-state index is 3.10. The number of hydrogen-bond acceptors (Lipinski definition) is 0. The van der Waals surface area contributed by atoms with Crippen LogP contribution in [0.5, 0.6) is 0 Å². The second-order valence-electron chi connectivity index (χ2n) is 29.6. The van der Waals surface area contributed by atoms with Gasteiger partial charge in [0, 0.05) is 43.6 Å². The first-order chi connectivity index (χ1) is 46.9. The lowest BCUT2D eigenvalue weighted by atomic mass is 10.0. The minimum absolute atomic E-state index is 1.27. The van der Waals surface area contributed by atoms with Gasteiger partial charge in [-0.15, -0.1) is 0 Å². The van der Waals surface area contributed by atoms with E-state index < -0.39 is 24.5 Å². The summed E-state index contributed by atoms with van der Waals surface area (Å²) in [5.41, 5.74) is 5.86. The molecule has 0 amide bonds. The standard InChI is InChI=1S/C90H120N2Si3/c1-7-13-19-25-30-44-68-95(67-43-29-23-17-11-5,92-87-62-53-73-45-35-36-50-82(73)90(87)85-70-75-47-32-34-49-77(75)72-89(85)92)81-60-56-79(57-61-81)93(63-39-26-20-14-8-2,64-40-27-21-15-9-3)78-54-58-80(59-55-78)94(65-41-24-18-12-6,66-42-28-22-16-10-4)91-86-52-38-37-51-83(86)84-69-74-46-31-33-48-76(74)71-88(84)91/h31-38,45-62,69-72H,7-30,39-44,63-68H2,1-6H3. The molecule has 0 saturated heterocycles. The maximum Gasteiger partial charge on any atom is 0.193 e. The second-order valence-corrected chi connectivity index (χ2v) is 42.1. The van der Waals surface area contributed by atoms with Crippen molar-refractivity contribution in [3.05, 3.63) is 182 Å². The highest BCUT2D eigenvalue weighted by molar-refractivity contribution is 7.02. The minimum Gasteiger partial charge on any atom is -0.363 e. The van der Waals surface area contributed by atoms with Crippen molar-refractivity contribution in [3.63, 3.8) is 0 Å². The summed E-state index contributed by atoms with van der Waals surface area (Å²) < 4.78 is 6.16. The van der Waals surface area contributed by atoms with Gasteiger partial charge in [-0.3, -0.25) is 0 Å². The van der Waals surface area contributed by atoms with Crippen LogP contribution in [0.15, 0.2) is 182 Å². The number of rotatable bonds is 42. The van der Waals surface area contributed by atoms with Crippen LogP contribution in [0.4, 0.5) is 0 Å². The number of unbranched alkanes of at least 4 members (excludes halogenated alkanes) is 24. The quantitative estimate of drug-likeness (QED) is 0.0267. The largest absolute Gasteiger partial charge is 0.363 e. The summed E-state index contributed by atoms with van der Waals surface area (Å²) >= 11 is 0. The normalized spacial score (nSPS) is 13.6. The molecule has 0 bridgehead atoms. The fraction of sp³-hybridized carbons (Fsp3) is 0.467. The third-order valence-corrected chi connectivity index (χ3v) is 38.6. The molecule has 11 rings (SSSR count). The van der Waals surface area contributed by atoms with Gasteiger partial charge in [0.1, 0.15) is 8.07 Å². The van der Waals surface area contributed by atoms with Crippen molar-refractivity contribution in [2.24, 2.45) is 0 Å². The molecule has 0 fully saturated rings. The highest BCUT2D eigenvalue weighted by atomic mass is 28.3. The summed E-state index contributed by atoms with van der Waals surface area (Å²) in [7, 11) is -7.45. The molecule has 0 aliphatic rings. The van der Waals surface area contributed by atoms with Crippen LogP contribution < -0.4 is 20.7 Å². The van der Waals surface area contributed by atoms with Gasteiger partial charge in [0.2, 0.25) is 0 Å². The Morgan fingerprint density at radius 2 is 0.537 bits per heavy atom. The molecule has 95 heavy (non-hydrogen) atoms. The number of benzene rings is 9. The predicted molar refractivity (Wildman–Crippen MR) is 432 cm³/mol. The van der Waals surface area contributed by atoms with Gasteiger partial charge >= 0.3 is 0 Å². The number of para-hydroxylation sites is 1. The van der Waals surface area contributed by atoms with Crippen LogP contribution >= 0.6 is 0 Å². The lowest BCUT2D eigenvalue weighted by Gasteiger charge is -2.38. The molecule has 0 saturated carbocycles. The van der Waals surface area contributed by atoms with E-state index >= 15 is 0 Å². The molecule has 502 valence electrons. The molecule has 0 spiro atoms. The van der Waals surface area contributed by atoms with E-state index in [1.165, 1.54) is 305 Å². The Kier molecular flexibility index (Phi) is 25.9. The highest BCUT2D eigenvalue weighted by Crippen LogP contribution is 2.43. The molecule has 0 aliphatic carbocycles. The summed E-state index contributed by atoms with van der Waals surface area (Å²) in [6.45, 7) is 14.3. The average Bonchev–Trinajstić information content (AvgIpc) is 1.59. The summed E-state index contributed by atoms with van der Waals surface area (Å²) in [5.74, 6) is 0. The van der Waals surface area contributed by atoms with Gasteiger partial charge in [0.05, 0.1) is 0 Å². The Hall–Kier alpha value is -5.99. The first-order valence-electron chi connectivity index (χ1n) is 39.4. The van der Waals surface area contributed by atoms with Crippen LogP contribution in [0.1, 0.15) is 234 Å². The number of hydrogen-bond donors (Lipinski definition) is 0. The molecule has 9 aromatic carbocycles. The van der Waals surface area contributed by atoms with Gasteiger partial charge in [-0.25, -0.2) is 0 Å². The van der Waals surface area contributed by atoms with E-state index in [1.54, 1.807) is 20.7 Å². The Morgan fingerprint density at radius 3 is 0.979 bits per heavy atom. The Labute approximate surface area is 578 Å². The van der Waals surface area contributed by atoms with E-state index in [1.807, 2.05) is 0 Å². The first-order valence-corrected chi connectivity index (χ1v) is 46.5. The molecule has 2 unspecified atom stereocenters. The van der Waals surface area contributed by atoms with E-state index in [0.29, 0.717) is 0 Å². The van der Waals surface area contributed by atoms with Gasteiger partial charge in [0.25, 0.3) is 0 Å². The van der Waals surface area contributed by atoms with Crippen LogP contribution in [0.2, 0.25) is 36.3 Å². The van der Waals surface area contributed by atoms with Crippen molar-refractivity contribution in [3.8, 4) is 0 Å². The van der Waals surface area contributed by atoms with E-state index in [0.717, 1.165) is 0 Å². The summed E-state index contributed by atoms with van der Waals surface area (Å²) in [4.78, 5) is 0. The summed E-state index contributed by atoms with van der Waals surface area (Å²) in [6, 6.07) is 83.0. The molecule has 0 aliphatic heterocycles. The van der Waals surface area contributed by atoms with E-state index in [4.69, 9.17) is 0 Å². The zero-order valence-corrected chi connectivity index (χ0v) is 63.2. The molecular formula is C90H120N2Si3.